The molecule has 3 atom stereocenters. The molecule has 3 rings (SSSR count). The fourth-order valence-corrected chi connectivity index (χ4v) is 3.66. The molecule has 2 aromatic heterocycles. The SMILES string of the molecule is Cc1cc(NC(C)CN2CC(C)CC(C)C2)n2ncnc2n1. The number of nitrogens with one attached hydrogen (secondary N) is 1. The van der Waals surface area contributed by atoms with Gasteiger partial charge in [-0.1, -0.05) is 13.8 Å². The zero-order chi connectivity index (χ0) is 15.7. The van der Waals surface area contributed by atoms with E-state index in [1.54, 1.807) is 10.8 Å². The van der Waals surface area contributed by atoms with Gasteiger partial charge in [-0.2, -0.15) is 14.6 Å². The lowest BCUT2D eigenvalue weighted by atomic mass is 9.92. The van der Waals surface area contributed by atoms with Crippen LogP contribution in [0.5, 0.6) is 0 Å². The highest BCUT2D eigenvalue weighted by Crippen LogP contribution is 2.21. The van der Waals surface area contributed by atoms with E-state index < -0.39 is 0 Å². The molecule has 3 heterocycles. The molecule has 2 aromatic rings. The summed E-state index contributed by atoms with van der Waals surface area (Å²) in [6.45, 7) is 12.4. The maximum Gasteiger partial charge on any atom is 0.254 e. The second kappa shape index (κ2) is 6.20. The molecule has 0 spiro atoms. The summed E-state index contributed by atoms with van der Waals surface area (Å²) in [4.78, 5) is 11.1. The molecule has 0 aromatic carbocycles. The summed E-state index contributed by atoms with van der Waals surface area (Å²) in [5.41, 5.74) is 0.954. The molecule has 120 valence electrons. The molecule has 1 saturated heterocycles. The molecule has 22 heavy (non-hydrogen) atoms. The monoisotopic (exact) mass is 302 g/mol. The maximum absolute atomic E-state index is 4.38. The minimum absolute atomic E-state index is 0.353. The average molecular weight is 302 g/mol. The largest absolute Gasteiger partial charge is 0.366 e. The van der Waals surface area contributed by atoms with Crippen LogP contribution in [0.4, 0.5) is 5.82 Å². The van der Waals surface area contributed by atoms with Crippen LogP contribution in [0.1, 0.15) is 32.9 Å². The number of hydrogen-bond donors (Lipinski definition) is 1. The van der Waals surface area contributed by atoms with Crippen LogP contribution in [-0.2, 0) is 0 Å². The summed E-state index contributed by atoms with van der Waals surface area (Å²) in [5, 5.41) is 7.82. The summed E-state index contributed by atoms with van der Waals surface area (Å²) in [5.74, 6) is 3.20. The summed E-state index contributed by atoms with van der Waals surface area (Å²) >= 11 is 0. The third kappa shape index (κ3) is 3.38. The van der Waals surface area contributed by atoms with Crippen LogP contribution in [0.15, 0.2) is 12.4 Å². The Kier molecular flexibility index (Phi) is 4.29. The van der Waals surface area contributed by atoms with Crippen molar-refractivity contribution in [2.75, 3.05) is 25.0 Å². The lowest BCUT2D eigenvalue weighted by Crippen LogP contribution is -2.43. The Hall–Kier alpha value is -1.69. The lowest BCUT2D eigenvalue weighted by Gasteiger charge is -2.36. The van der Waals surface area contributed by atoms with Gasteiger partial charge in [0, 0.05) is 37.4 Å². The van der Waals surface area contributed by atoms with Gasteiger partial charge >= 0.3 is 0 Å². The van der Waals surface area contributed by atoms with Crippen LogP contribution >= 0.6 is 0 Å². The highest BCUT2D eigenvalue weighted by Gasteiger charge is 2.23. The van der Waals surface area contributed by atoms with Gasteiger partial charge in [0.1, 0.15) is 12.1 Å². The Bertz CT molecular complexity index is 627. The lowest BCUT2D eigenvalue weighted by molar-refractivity contribution is 0.138. The van der Waals surface area contributed by atoms with Crippen LogP contribution in [0, 0.1) is 18.8 Å². The average Bonchev–Trinajstić information content (AvgIpc) is 2.85. The number of likely N-dealkylation sites (tertiary alicyclic amines) is 1. The first-order chi connectivity index (χ1) is 10.5. The van der Waals surface area contributed by atoms with Crippen LogP contribution in [0.25, 0.3) is 5.78 Å². The van der Waals surface area contributed by atoms with Crippen LogP contribution in [0.3, 0.4) is 0 Å². The molecule has 0 bridgehead atoms. The molecule has 1 aliphatic heterocycles. The van der Waals surface area contributed by atoms with Gasteiger partial charge in [-0.05, 0) is 32.1 Å². The second-order valence-corrected chi connectivity index (χ2v) is 6.96. The standard InChI is InChI=1S/C16H26N6/c1-11-5-12(2)8-21(7-11)9-14(4)19-15-6-13(3)20-16-17-10-18-22(15)16/h6,10-12,14,19H,5,7-9H2,1-4H3. The van der Waals surface area contributed by atoms with Crippen LogP contribution in [0.2, 0.25) is 0 Å². The summed E-state index contributed by atoms with van der Waals surface area (Å²) in [7, 11) is 0. The van der Waals surface area contributed by atoms with E-state index >= 15 is 0 Å². The minimum Gasteiger partial charge on any atom is -0.366 e. The van der Waals surface area contributed by atoms with Crippen LogP contribution < -0.4 is 5.32 Å². The van der Waals surface area contributed by atoms with Crippen molar-refractivity contribution in [1.82, 2.24) is 24.5 Å². The normalized spacial score (nSPS) is 24.5. The van der Waals surface area contributed by atoms with E-state index in [4.69, 9.17) is 0 Å². The fraction of sp³-hybridized carbons (Fsp3) is 0.688. The van der Waals surface area contributed by atoms with Gasteiger partial charge in [0.05, 0.1) is 0 Å². The Morgan fingerprint density at radius 3 is 2.77 bits per heavy atom. The highest BCUT2D eigenvalue weighted by atomic mass is 15.4. The summed E-state index contributed by atoms with van der Waals surface area (Å²) in [6.07, 6.45) is 2.90. The van der Waals surface area contributed by atoms with E-state index in [0.29, 0.717) is 11.8 Å². The van der Waals surface area contributed by atoms with E-state index in [1.165, 1.54) is 19.5 Å². The van der Waals surface area contributed by atoms with Gasteiger partial charge in [-0.3, -0.25) is 0 Å². The Morgan fingerprint density at radius 2 is 2.05 bits per heavy atom. The highest BCUT2D eigenvalue weighted by molar-refractivity contribution is 5.45. The Morgan fingerprint density at radius 1 is 1.32 bits per heavy atom. The van der Waals surface area contributed by atoms with Gasteiger partial charge in [0.15, 0.2) is 0 Å². The predicted molar refractivity (Wildman–Crippen MR) is 88.0 cm³/mol. The van der Waals surface area contributed by atoms with Crippen molar-refractivity contribution in [2.45, 2.75) is 40.2 Å². The molecule has 1 aliphatic rings. The number of aryl methyl sites for hydroxylation is 1. The number of nitrogens with zero attached hydrogens (tertiary/aromatic N) is 5. The zero-order valence-electron chi connectivity index (χ0n) is 14.0. The smallest absolute Gasteiger partial charge is 0.254 e. The van der Waals surface area contributed by atoms with E-state index in [2.05, 4.69) is 46.1 Å². The van der Waals surface area contributed by atoms with E-state index in [1.807, 2.05) is 13.0 Å². The van der Waals surface area contributed by atoms with Gasteiger partial charge in [-0.15, -0.1) is 0 Å². The summed E-state index contributed by atoms with van der Waals surface area (Å²) in [6, 6.07) is 2.38. The molecule has 1 N–H and O–H groups in total. The number of piperidine rings is 1. The molecular formula is C16H26N6. The first-order valence-electron chi connectivity index (χ1n) is 8.17. The van der Waals surface area contributed by atoms with Crippen molar-refractivity contribution in [3.05, 3.63) is 18.1 Å². The van der Waals surface area contributed by atoms with Crippen molar-refractivity contribution >= 4 is 11.6 Å². The fourth-order valence-electron chi connectivity index (χ4n) is 3.66. The van der Waals surface area contributed by atoms with Crippen molar-refractivity contribution < 1.29 is 0 Å². The van der Waals surface area contributed by atoms with Crippen molar-refractivity contribution in [1.29, 1.82) is 0 Å². The molecule has 0 aliphatic carbocycles. The summed E-state index contributed by atoms with van der Waals surface area (Å²) < 4.78 is 1.77. The van der Waals surface area contributed by atoms with E-state index in [9.17, 15) is 0 Å². The quantitative estimate of drug-likeness (QED) is 0.938. The first-order valence-corrected chi connectivity index (χ1v) is 8.17. The van der Waals surface area contributed by atoms with Gasteiger partial charge in [0.25, 0.3) is 5.78 Å². The molecule has 0 saturated carbocycles. The first kappa shape index (κ1) is 15.2. The Balaban J connectivity index is 1.68. The number of anilines is 1. The number of aromatic nitrogens is 4. The predicted octanol–water partition coefficient (Wildman–Crippen LogP) is 2.21. The third-order valence-electron chi connectivity index (χ3n) is 4.25. The molecule has 0 amide bonds. The molecule has 6 nitrogen and oxygen atoms in total. The Labute approximate surface area is 131 Å². The second-order valence-electron chi connectivity index (χ2n) is 6.96. The molecular weight excluding hydrogens is 276 g/mol. The van der Waals surface area contributed by atoms with Gasteiger partial charge in [0.2, 0.25) is 0 Å². The molecule has 1 fully saturated rings. The van der Waals surface area contributed by atoms with E-state index in [-0.39, 0.29) is 0 Å². The number of rotatable bonds is 4. The van der Waals surface area contributed by atoms with Crippen molar-refractivity contribution in [2.24, 2.45) is 11.8 Å². The topological polar surface area (TPSA) is 58.4 Å². The molecule has 6 heteroatoms. The maximum atomic E-state index is 4.38. The molecule has 3 unspecified atom stereocenters. The van der Waals surface area contributed by atoms with Gasteiger partial charge in [-0.25, -0.2) is 4.98 Å². The molecule has 0 radical (unpaired) electrons. The minimum atomic E-state index is 0.353. The number of hydrogen-bond acceptors (Lipinski definition) is 5. The van der Waals surface area contributed by atoms with Gasteiger partial charge < -0.3 is 10.2 Å². The van der Waals surface area contributed by atoms with Crippen molar-refractivity contribution in [3.8, 4) is 0 Å². The van der Waals surface area contributed by atoms with Crippen LogP contribution in [-0.4, -0.2) is 50.2 Å². The van der Waals surface area contributed by atoms with Crippen molar-refractivity contribution in [3.63, 3.8) is 0 Å². The number of fused-ring (bicyclic) bond motifs is 1. The van der Waals surface area contributed by atoms with E-state index in [0.717, 1.165) is 29.9 Å². The zero-order valence-corrected chi connectivity index (χ0v) is 14.0. The third-order valence-corrected chi connectivity index (χ3v) is 4.25.